The van der Waals surface area contributed by atoms with E-state index in [1.807, 2.05) is 44.3 Å². The van der Waals surface area contributed by atoms with Crippen LogP contribution in [0.3, 0.4) is 0 Å². The highest BCUT2D eigenvalue weighted by Gasteiger charge is 2.25. The van der Waals surface area contributed by atoms with Crippen molar-refractivity contribution in [1.82, 2.24) is 19.4 Å². The van der Waals surface area contributed by atoms with Crippen LogP contribution >= 0.6 is 0 Å². The van der Waals surface area contributed by atoms with Gasteiger partial charge in [-0.05, 0) is 25.3 Å². The van der Waals surface area contributed by atoms with E-state index in [-0.39, 0.29) is 17.8 Å². The molecule has 6 N–H and O–H groups in total. The van der Waals surface area contributed by atoms with Crippen LogP contribution < -0.4 is 15.7 Å². The summed E-state index contributed by atoms with van der Waals surface area (Å²) in [5.74, 6) is -0.169. The van der Waals surface area contributed by atoms with Gasteiger partial charge in [0.1, 0.15) is 5.69 Å². The molecule has 0 amide bonds. The maximum atomic E-state index is 11.7. The maximum Gasteiger partial charge on any atom is 0.448 e. The molecule has 0 bridgehead atoms. The Morgan fingerprint density at radius 1 is 1.29 bits per heavy atom. The summed E-state index contributed by atoms with van der Waals surface area (Å²) in [7, 11) is -4.78. The molecule has 3 aromatic heterocycles. The summed E-state index contributed by atoms with van der Waals surface area (Å²) >= 11 is 0. The standard InChI is InChI=1S/C22H27N7O4S/c1-3-13(2)19-21(33-34(30,31)32)29-12-18(15-11-26-16-8-5-4-7-14(15)16)27-17(20(29)28-19)9-6-10-25-22(23)24/h4-5,7-8,11-13,26H,3,6,9-10H2,1-2H3,(H4,23,24,25)(H,30,31,32)/t13-/m0/s1. The van der Waals surface area contributed by atoms with Gasteiger partial charge in [0.05, 0.1) is 11.4 Å². The fourth-order valence-corrected chi connectivity index (χ4v) is 4.20. The normalized spacial score (nSPS) is 12.8. The van der Waals surface area contributed by atoms with E-state index < -0.39 is 10.4 Å². The number of benzene rings is 1. The first-order chi connectivity index (χ1) is 16.2. The Balaban J connectivity index is 1.94. The molecule has 1 aromatic carbocycles. The Labute approximate surface area is 196 Å². The number of H-pyrrole nitrogens is 1. The van der Waals surface area contributed by atoms with Crippen LogP contribution in [0.2, 0.25) is 0 Å². The third-order valence-electron chi connectivity index (χ3n) is 5.65. The Morgan fingerprint density at radius 3 is 2.76 bits per heavy atom. The first kappa shape index (κ1) is 23.5. The Kier molecular flexibility index (Phi) is 6.44. The van der Waals surface area contributed by atoms with Crippen LogP contribution in [0.15, 0.2) is 41.7 Å². The first-order valence-corrected chi connectivity index (χ1v) is 12.2. The number of para-hydroxylation sites is 1. The van der Waals surface area contributed by atoms with Gasteiger partial charge < -0.3 is 20.6 Å². The van der Waals surface area contributed by atoms with E-state index in [0.717, 1.165) is 16.5 Å². The van der Waals surface area contributed by atoms with Gasteiger partial charge in [-0.3, -0.25) is 13.9 Å². The SMILES string of the molecule is CC[C@H](C)c1nc2c(CCCN=C(N)N)nc(-c3c[nH]c4ccccc34)cn2c1OS(=O)(=O)O. The van der Waals surface area contributed by atoms with Gasteiger partial charge in [-0.2, -0.15) is 8.42 Å². The lowest BCUT2D eigenvalue weighted by Crippen LogP contribution is -2.23. The lowest BCUT2D eigenvalue weighted by molar-refractivity contribution is 0.376. The summed E-state index contributed by atoms with van der Waals surface area (Å²) in [4.78, 5) is 16.8. The largest absolute Gasteiger partial charge is 0.448 e. The highest BCUT2D eigenvalue weighted by Crippen LogP contribution is 2.34. The minimum absolute atomic E-state index is 0.00866. The highest BCUT2D eigenvalue weighted by molar-refractivity contribution is 7.81. The van der Waals surface area contributed by atoms with Crippen LogP contribution in [0.1, 0.15) is 44.0 Å². The molecule has 12 heteroatoms. The third-order valence-corrected chi connectivity index (χ3v) is 6.02. The third kappa shape index (κ3) is 4.82. The molecule has 0 aliphatic rings. The molecule has 0 spiro atoms. The van der Waals surface area contributed by atoms with Gasteiger partial charge in [0.15, 0.2) is 11.6 Å². The van der Waals surface area contributed by atoms with E-state index in [0.29, 0.717) is 48.5 Å². The molecule has 0 aliphatic heterocycles. The number of hydrogen-bond donors (Lipinski definition) is 4. The predicted molar refractivity (Wildman–Crippen MR) is 130 cm³/mol. The molecule has 180 valence electrons. The molecular formula is C22H27N7O4S. The summed E-state index contributed by atoms with van der Waals surface area (Å²) in [6.07, 6.45) is 5.28. The van der Waals surface area contributed by atoms with Crippen molar-refractivity contribution in [3.05, 3.63) is 48.0 Å². The summed E-state index contributed by atoms with van der Waals surface area (Å²) in [5.41, 5.74) is 14.7. The summed E-state index contributed by atoms with van der Waals surface area (Å²) in [6.45, 7) is 4.27. The van der Waals surface area contributed by atoms with Crippen molar-refractivity contribution in [3.63, 3.8) is 0 Å². The minimum atomic E-state index is -4.78. The van der Waals surface area contributed by atoms with E-state index in [1.54, 1.807) is 6.20 Å². The van der Waals surface area contributed by atoms with Crippen LogP contribution in [0.5, 0.6) is 5.88 Å². The molecule has 34 heavy (non-hydrogen) atoms. The smallest absolute Gasteiger partial charge is 0.370 e. The van der Waals surface area contributed by atoms with Gasteiger partial charge >= 0.3 is 10.4 Å². The van der Waals surface area contributed by atoms with Crippen molar-refractivity contribution >= 4 is 32.9 Å². The van der Waals surface area contributed by atoms with Crippen molar-refractivity contribution in [3.8, 4) is 17.1 Å². The number of aryl methyl sites for hydroxylation is 1. The van der Waals surface area contributed by atoms with Crippen molar-refractivity contribution in [1.29, 1.82) is 0 Å². The highest BCUT2D eigenvalue weighted by atomic mass is 32.3. The molecule has 0 saturated carbocycles. The number of guanidine groups is 1. The number of imidazole rings is 1. The van der Waals surface area contributed by atoms with Crippen molar-refractivity contribution in [2.24, 2.45) is 16.5 Å². The molecule has 3 heterocycles. The van der Waals surface area contributed by atoms with Gasteiger partial charge in [-0.25, -0.2) is 9.97 Å². The van der Waals surface area contributed by atoms with Crippen molar-refractivity contribution in [2.75, 3.05) is 6.54 Å². The zero-order valence-electron chi connectivity index (χ0n) is 18.9. The van der Waals surface area contributed by atoms with Gasteiger partial charge in [-0.15, -0.1) is 0 Å². The average molecular weight is 486 g/mol. The molecule has 4 aromatic rings. The minimum Gasteiger partial charge on any atom is -0.370 e. The second-order valence-electron chi connectivity index (χ2n) is 8.05. The lowest BCUT2D eigenvalue weighted by atomic mass is 10.1. The molecule has 0 unspecified atom stereocenters. The molecular weight excluding hydrogens is 458 g/mol. The number of aromatic nitrogens is 4. The molecule has 0 saturated heterocycles. The number of hydrogen-bond acceptors (Lipinski definition) is 6. The van der Waals surface area contributed by atoms with Crippen LogP contribution in [0, 0.1) is 0 Å². The van der Waals surface area contributed by atoms with E-state index in [2.05, 4.69) is 15.0 Å². The molecule has 4 rings (SSSR count). The molecule has 0 aliphatic carbocycles. The number of nitrogens with zero attached hydrogens (tertiary/aromatic N) is 4. The quantitative estimate of drug-likeness (QED) is 0.121. The summed E-state index contributed by atoms with van der Waals surface area (Å²) in [5, 5.41) is 0.959. The summed E-state index contributed by atoms with van der Waals surface area (Å²) in [6, 6.07) is 7.79. The lowest BCUT2D eigenvalue weighted by Gasteiger charge is -2.10. The number of nitrogens with one attached hydrogen (secondary N) is 1. The molecule has 0 radical (unpaired) electrons. The Bertz CT molecular complexity index is 1470. The molecule has 1 atom stereocenters. The van der Waals surface area contributed by atoms with E-state index >= 15 is 0 Å². The maximum absolute atomic E-state index is 11.7. The molecule has 0 fully saturated rings. The number of nitrogens with two attached hydrogens (primary N) is 2. The molecule has 11 nitrogen and oxygen atoms in total. The first-order valence-electron chi connectivity index (χ1n) is 10.9. The number of aromatic amines is 1. The van der Waals surface area contributed by atoms with Crippen LogP contribution in [0.25, 0.3) is 27.8 Å². The zero-order valence-corrected chi connectivity index (χ0v) is 19.7. The Hall–Kier alpha value is -3.64. The topological polar surface area (TPSA) is 174 Å². The van der Waals surface area contributed by atoms with Crippen molar-refractivity contribution < 1.29 is 17.2 Å². The van der Waals surface area contributed by atoms with Crippen LogP contribution in [-0.4, -0.2) is 44.8 Å². The second-order valence-corrected chi connectivity index (χ2v) is 9.07. The van der Waals surface area contributed by atoms with Crippen LogP contribution in [0.4, 0.5) is 0 Å². The average Bonchev–Trinajstić information content (AvgIpc) is 3.37. The van der Waals surface area contributed by atoms with Gasteiger partial charge in [-0.1, -0.05) is 32.0 Å². The fraction of sp³-hybridized carbons (Fsp3) is 0.318. The number of fused-ring (bicyclic) bond motifs is 2. The van der Waals surface area contributed by atoms with Gasteiger partial charge in [0.2, 0.25) is 5.88 Å². The second kappa shape index (κ2) is 9.31. The fourth-order valence-electron chi connectivity index (χ4n) is 3.84. The van der Waals surface area contributed by atoms with E-state index in [9.17, 15) is 13.0 Å². The Morgan fingerprint density at radius 2 is 2.06 bits per heavy atom. The van der Waals surface area contributed by atoms with Gasteiger partial charge in [0, 0.05) is 41.3 Å². The van der Waals surface area contributed by atoms with Gasteiger partial charge in [0.25, 0.3) is 0 Å². The van der Waals surface area contributed by atoms with E-state index in [1.165, 1.54) is 4.40 Å². The summed E-state index contributed by atoms with van der Waals surface area (Å²) < 4.78 is 39.4. The zero-order chi connectivity index (χ0) is 24.5. The monoisotopic (exact) mass is 485 g/mol. The number of aliphatic imine (C=N–C) groups is 1. The van der Waals surface area contributed by atoms with E-state index in [4.69, 9.17) is 20.6 Å². The predicted octanol–water partition coefficient (Wildman–Crippen LogP) is 2.78. The van der Waals surface area contributed by atoms with Crippen molar-refractivity contribution in [2.45, 2.75) is 39.0 Å². The van der Waals surface area contributed by atoms with Crippen LogP contribution in [-0.2, 0) is 16.8 Å². The number of rotatable bonds is 9.